The second kappa shape index (κ2) is 8.95. The fourth-order valence-corrected chi connectivity index (χ4v) is 3.68. The summed E-state index contributed by atoms with van der Waals surface area (Å²) in [6.07, 6.45) is 5.43. The highest BCUT2D eigenvalue weighted by atomic mass is 16.2. The summed E-state index contributed by atoms with van der Waals surface area (Å²) >= 11 is 0. The molecule has 0 saturated carbocycles. The third-order valence-corrected chi connectivity index (χ3v) is 5.23. The monoisotopic (exact) mass is 351 g/mol. The molecule has 0 aliphatic carbocycles. The molecule has 1 aromatic carbocycles. The molecule has 1 saturated heterocycles. The fraction of sp³-hybridized carbons (Fsp3) is 0.455. The average molecular weight is 351 g/mol. The maximum absolute atomic E-state index is 12.6. The molecule has 138 valence electrons. The smallest absolute Gasteiger partial charge is 0.226 e. The van der Waals surface area contributed by atoms with E-state index in [0.29, 0.717) is 6.42 Å². The maximum atomic E-state index is 12.6. The van der Waals surface area contributed by atoms with Crippen LogP contribution in [0.4, 0.5) is 5.69 Å². The SMILES string of the molecule is CCC(=O)N(c1ccc(CC)cc1)C1CCN(Cc2ccccn2)CC1. The molecule has 4 nitrogen and oxygen atoms in total. The number of carbonyl (C=O) groups excluding carboxylic acids is 1. The van der Waals surface area contributed by atoms with Crippen LogP contribution in [0.1, 0.15) is 44.4 Å². The van der Waals surface area contributed by atoms with Crippen molar-refractivity contribution in [2.24, 2.45) is 0 Å². The van der Waals surface area contributed by atoms with Crippen molar-refractivity contribution in [3.8, 4) is 0 Å². The zero-order chi connectivity index (χ0) is 18.4. The van der Waals surface area contributed by atoms with E-state index in [4.69, 9.17) is 0 Å². The van der Waals surface area contributed by atoms with Crippen LogP contribution in [0.15, 0.2) is 48.7 Å². The summed E-state index contributed by atoms with van der Waals surface area (Å²) in [5.74, 6) is 0.220. The summed E-state index contributed by atoms with van der Waals surface area (Å²) < 4.78 is 0. The first-order chi connectivity index (χ1) is 12.7. The van der Waals surface area contributed by atoms with E-state index in [9.17, 15) is 4.79 Å². The lowest BCUT2D eigenvalue weighted by atomic mass is 10.0. The van der Waals surface area contributed by atoms with Crippen LogP contribution in [0.2, 0.25) is 0 Å². The zero-order valence-corrected chi connectivity index (χ0v) is 15.9. The average Bonchev–Trinajstić information content (AvgIpc) is 2.70. The van der Waals surface area contributed by atoms with Gasteiger partial charge in [0.25, 0.3) is 0 Å². The Hall–Kier alpha value is -2.20. The van der Waals surface area contributed by atoms with Gasteiger partial charge in [-0.3, -0.25) is 14.7 Å². The molecule has 0 spiro atoms. The van der Waals surface area contributed by atoms with Crippen LogP contribution in [-0.2, 0) is 17.8 Å². The van der Waals surface area contributed by atoms with E-state index in [2.05, 4.69) is 47.1 Å². The van der Waals surface area contributed by atoms with Gasteiger partial charge in [-0.2, -0.15) is 0 Å². The molecular formula is C22H29N3O. The number of amides is 1. The number of hydrogen-bond acceptors (Lipinski definition) is 3. The lowest BCUT2D eigenvalue weighted by Gasteiger charge is -2.38. The number of benzene rings is 1. The van der Waals surface area contributed by atoms with E-state index in [1.165, 1.54) is 5.56 Å². The second-order valence-corrected chi connectivity index (χ2v) is 6.97. The number of nitrogens with zero attached hydrogens (tertiary/aromatic N) is 3. The predicted octanol–water partition coefficient (Wildman–Crippen LogP) is 4.05. The highest BCUT2D eigenvalue weighted by Gasteiger charge is 2.28. The topological polar surface area (TPSA) is 36.4 Å². The minimum atomic E-state index is 0.220. The van der Waals surface area contributed by atoms with Crippen LogP contribution in [0.3, 0.4) is 0 Å². The first-order valence-corrected chi connectivity index (χ1v) is 9.74. The Labute approximate surface area is 156 Å². The normalized spacial score (nSPS) is 15.8. The van der Waals surface area contributed by atoms with Crippen molar-refractivity contribution in [2.75, 3.05) is 18.0 Å². The Bertz CT molecular complexity index is 691. The fourth-order valence-electron chi connectivity index (χ4n) is 3.68. The van der Waals surface area contributed by atoms with Crippen molar-refractivity contribution < 1.29 is 4.79 Å². The van der Waals surface area contributed by atoms with Gasteiger partial charge in [-0.1, -0.05) is 32.0 Å². The largest absolute Gasteiger partial charge is 0.309 e. The van der Waals surface area contributed by atoms with Gasteiger partial charge in [-0.25, -0.2) is 0 Å². The molecule has 1 aliphatic rings. The minimum absolute atomic E-state index is 0.220. The van der Waals surface area contributed by atoms with Gasteiger partial charge in [0.05, 0.1) is 5.69 Å². The van der Waals surface area contributed by atoms with Gasteiger partial charge in [-0.05, 0) is 49.1 Å². The molecule has 1 amide bonds. The summed E-state index contributed by atoms with van der Waals surface area (Å²) in [4.78, 5) is 21.5. The van der Waals surface area contributed by atoms with Crippen molar-refractivity contribution >= 4 is 11.6 Å². The van der Waals surface area contributed by atoms with Gasteiger partial charge < -0.3 is 4.90 Å². The maximum Gasteiger partial charge on any atom is 0.226 e. The predicted molar refractivity (Wildman–Crippen MR) is 106 cm³/mol. The quantitative estimate of drug-likeness (QED) is 0.788. The lowest BCUT2D eigenvalue weighted by molar-refractivity contribution is -0.119. The van der Waals surface area contributed by atoms with Gasteiger partial charge in [0, 0.05) is 44.0 Å². The molecule has 2 heterocycles. The van der Waals surface area contributed by atoms with Gasteiger partial charge in [-0.15, -0.1) is 0 Å². The first-order valence-electron chi connectivity index (χ1n) is 9.74. The molecule has 0 bridgehead atoms. The molecule has 26 heavy (non-hydrogen) atoms. The molecule has 0 atom stereocenters. The summed E-state index contributed by atoms with van der Waals surface area (Å²) in [7, 11) is 0. The summed E-state index contributed by atoms with van der Waals surface area (Å²) in [6.45, 7) is 7.00. The third kappa shape index (κ3) is 4.50. The van der Waals surface area contributed by atoms with Gasteiger partial charge in [0.15, 0.2) is 0 Å². The number of aryl methyl sites for hydroxylation is 1. The number of pyridine rings is 1. The summed E-state index contributed by atoms with van der Waals surface area (Å²) in [5.41, 5.74) is 3.46. The Balaban J connectivity index is 1.66. The number of likely N-dealkylation sites (tertiary alicyclic amines) is 1. The van der Waals surface area contributed by atoms with Crippen molar-refractivity contribution in [3.63, 3.8) is 0 Å². The minimum Gasteiger partial charge on any atom is -0.309 e. The van der Waals surface area contributed by atoms with Crippen LogP contribution < -0.4 is 4.90 Å². The standard InChI is InChI=1S/C22H29N3O/c1-3-18-8-10-20(11-9-18)25(22(26)4-2)21-12-15-24(16-13-21)17-19-7-5-6-14-23-19/h5-11,14,21H,3-4,12-13,15-17H2,1-2H3. The van der Waals surface area contributed by atoms with E-state index < -0.39 is 0 Å². The molecule has 3 rings (SSSR count). The van der Waals surface area contributed by atoms with E-state index in [-0.39, 0.29) is 11.9 Å². The lowest BCUT2D eigenvalue weighted by Crippen LogP contribution is -2.47. The Kier molecular flexibility index (Phi) is 6.40. The van der Waals surface area contributed by atoms with E-state index in [0.717, 1.165) is 50.3 Å². The highest BCUT2D eigenvalue weighted by Crippen LogP contribution is 2.26. The molecule has 0 unspecified atom stereocenters. The molecule has 1 fully saturated rings. The Morgan fingerprint density at radius 1 is 1.12 bits per heavy atom. The van der Waals surface area contributed by atoms with Crippen LogP contribution in [0.5, 0.6) is 0 Å². The Morgan fingerprint density at radius 3 is 2.42 bits per heavy atom. The van der Waals surface area contributed by atoms with Crippen molar-refractivity contribution in [2.45, 2.75) is 52.1 Å². The third-order valence-electron chi connectivity index (χ3n) is 5.23. The van der Waals surface area contributed by atoms with Gasteiger partial charge in [0.1, 0.15) is 0 Å². The van der Waals surface area contributed by atoms with Crippen LogP contribution in [0, 0.1) is 0 Å². The van der Waals surface area contributed by atoms with Crippen LogP contribution >= 0.6 is 0 Å². The summed E-state index contributed by atoms with van der Waals surface area (Å²) in [6, 6.07) is 14.8. The molecule has 0 N–H and O–H groups in total. The number of anilines is 1. The van der Waals surface area contributed by atoms with Crippen molar-refractivity contribution in [3.05, 3.63) is 59.9 Å². The molecule has 1 aromatic heterocycles. The number of hydrogen-bond donors (Lipinski definition) is 0. The highest BCUT2D eigenvalue weighted by molar-refractivity contribution is 5.93. The number of rotatable bonds is 6. The molecular weight excluding hydrogens is 322 g/mol. The zero-order valence-electron chi connectivity index (χ0n) is 15.9. The van der Waals surface area contributed by atoms with E-state index in [1.807, 2.05) is 30.2 Å². The molecule has 2 aromatic rings. The number of aromatic nitrogens is 1. The first kappa shape index (κ1) is 18.6. The van der Waals surface area contributed by atoms with Crippen molar-refractivity contribution in [1.82, 2.24) is 9.88 Å². The van der Waals surface area contributed by atoms with Crippen molar-refractivity contribution in [1.29, 1.82) is 0 Å². The molecule has 4 heteroatoms. The van der Waals surface area contributed by atoms with Gasteiger partial charge >= 0.3 is 0 Å². The number of piperidine rings is 1. The summed E-state index contributed by atoms with van der Waals surface area (Å²) in [5, 5.41) is 0. The molecule has 1 aliphatic heterocycles. The Morgan fingerprint density at radius 2 is 1.85 bits per heavy atom. The van der Waals surface area contributed by atoms with Gasteiger partial charge in [0.2, 0.25) is 5.91 Å². The van der Waals surface area contributed by atoms with Crippen LogP contribution in [-0.4, -0.2) is 34.9 Å². The van der Waals surface area contributed by atoms with E-state index in [1.54, 1.807) is 0 Å². The molecule has 0 radical (unpaired) electrons. The van der Waals surface area contributed by atoms with E-state index >= 15 is 0 Å². The second-order valence-electron chi connectivity index (χ2n) is 6.97. The number of carbonyl (C=O) groups is 1. The van der Waals surface area contributed by atoms with Crippen LogP contribution in [0.25, 0.3) is 0 Å².